The molecule has 3 saturated carbocycles. The Morgan fingerprint density at radius 2 is 2.06 bits per heavy atom. The van der Waals surface area contributed by atoms with Crippen molar-refractivity contribution < 1.29 is 27.4 Å². The fourth-order valence-corrected chi connectivity index (χ4v) is 7.17. The molecule has 5 rings (SSSR count). The van der Waals surface area contributed by atoms with Gasteiger partial charge in [0.25, 0.3) is 0 Å². The molecule has 1 N–H and O–H groups in total. The molecule has 0 amide bonds. The first kappa shape index (κ1) is 23.4. The van der Waals surface area contributed by atoms with Crippen molar-refractivity contribution >= 4 is 33.4 Å². The van der Waals surface area contributed by atoms with Crippen LogP contribution >= 0.6 is 11.8 Å². The minimum absolute atomic E-state index is 0.0119. The van der Waals surface area contributed by atoms with E-state index < -0.39 is 21.8 Å². The van der Waals surface area contributed by atoms with Crippen molar-refractivity contribution in [3.63, 3.8) is 0 Å². The highest BCUT2D eigenvalue weighted by molar-refractivity contribution is 7.98. The second kappa shape index (κ2) is 8.53. The molecule has 1 unspecified atom stereocenters. The molecule has 0 saturated heterocycles. The number of thioether (sulfide) groups is 1. The molecule has 7 nitrogen and oxygen atoms in total. The zero-order valence-electron chi connectivity index (χ0n) is 18.5. The maximum absolute atomic E-state index is 13.6. The lowest BCUT2D eigenvalue weighted by molar-refractivity contribution is -0.134. The summed E-state index contributed by atoms with van der Waals surface area (Å²) in [6.45, 7) is 2.73. The Balaban J connectivity index is 1.83. The van der Waals surface area contributed by atoms with E-state index in [9.17, 15) is 17.6 Å². The smallest absolute Gasteiger partial charge is 0.368 e. The number of rotatable bonds is 8. The molecule has 1 atom stereocenters. The summed E-state index contributed by atoms with van der Waals surface area (Å²) < 4.78 is 47.6. The molecule has 0 spiro atoms. The Morgan fingerprint density at radius 3 is 2.59 bits per heavy atom. The van der Waals surface area contributed by atoms with E-state index in [0.717, 1.165) is 44.4 Å². The highest BCUT2D eigenvalue weighted by Crippen LogP contribution is 2.62. The van der Waals surface area contributed by atoms with Crippen molar-refractivity contribution in [1.82, 2.24) is 4.31 Å². The lowest BCUT2D eigenvalue weighted by Crippen LogP contribution is -2.69. The van der Waals surface area contributed by atoms with E-state index in [-0.39, 0.29) is 22.2 Å². The molecule has 4 aliphatic rings. The fraction of sp³-hybridized carbons (Fsp3) is 0.591. The number of carbonyl (C=O) groups is 1. The van der Waals surface area contributed by atoms with Gasteiger partial charge in [-0.1, -0.05) is 19.8 Å². The van der Waals surface area contributed by atoms with Gasteiger partial charge in [-0.15, -0.1) is 11.8 Å². The summed E-state index contributed by atoms with van der Waals surface area (Å²) in [4.78, 5) is 13.8. The van der Waals surface area contributed by atoms with Crippen molar-refractivity contribution in [2.24, 2.45) is 5.92 Å². The number of benzene rings is 1. The molecule has 32 heavy (non-hydrogen) atoms. The second-order valence-electron chi connectivity index (χ2n) is 8.99. The van der Waals surface area contributed by atoms with Crippen molar-refractivity contribution in [2.75, 3.05) is 24.7 Å². The number of likely N-dealkylation sites (N-methyl/N-ethyl adjacent to an activating group) is 1. The van der Waals surface area contributed by atoms with Gasteiger partial charge in [-0.3, -0.25) is 0 Å². The largest absolute Gasteiger partial charge is 0.476 e. The van der Waals surface area contributed by atoms with Gasteiger partial charge < -0.3 is 14.7 Å². The molecule has 2 bridgehead atoms. The van der Waals surface area contributed by atoms with Crippen molar-refractivity contribution in [3.05, 3.63) is 24.2 Å². The number of unbranched alkanes of at least 4 members (excludes halogenated alkanes) is 1. The van der Waals surface area contributed by atoms with E-state index >= 15 is 0 Å². The van der Waals surface area contributed by atoms with Crippen LogP contribution in [0.2, 0.25) is 0 Å². The minimum atomic E-state index is -3.83. The number of fused-ring (bicyclic) bond motifs is 1. The quantitative estimate of drug-likeness (QED) is 0.336. The highest BCUT2D eigenvalue weighted by Gasteiger charge is 2.61. The molecule has 0 radical (unpaired) electrons. The number of hydrogen-bond acceptors (Lipinski definition) is 6. The molecule has 176 valence electrons. The van der Waals surface area contributed by atoms with Gasteiger partial charge in [0.05, 0.1) is 10.6 Å². The van der Waals surface area contributed by atoms with Crippen molar-refractivity contribution in [1.29, 1.82) is 0 Å². The third-order valence-corrected chi connectivity index (χ3v) is 9.76. The number of hydrogen-bond donors (Lipinski definition) is 1. The Labute approximate surface area is 192 Å². The Hall–Kier alpha value is -1.78. The first-order valence-corrected chi connectivity index (χ1v) is 13.5. The van der Waals surface area contributed by atoms with E-state index in [0.29, 0.717) is 23.4 Å². The highest BCUT2D eigenvalue weighted by atomic mass is 32.2. The number of ether oxygens (including phenoxy) is 1. The van der Waals surface area contributed by atoms with Crippen LogP contribution in [0.5, 0.6) is 5.75 Å². The molecular formula is C22H29FN2O5S2. The monoisotopic (exact) mass is 484 g/mol. The molecule has 1 aromatic carbocycles. The van der Waals surface area contributed by atoms with Crippen molar-refractivity contribution in [2.45, 2.75) is 66.8 Å². The summed E-state index contributed by atoms with van der Waals surface area (Å²) in [5, 5.41) is 8.76. The van der Waals surface area contributed by atoms with Gasteiger partial charge in [0.2, 0.25) is 15.9 Å². The summed E-state index contributed by atoms with van der Waals surface area (Å²) in [6.07, 6.45) is 8.26. The van der Waals surface area contributed by atoms with Crippen LogP contribution in [0.1, 0.15) is 45.4 Å². The molecule has 1 heterocycles. The van der Waals surface area contributed by atoms with E-state index in [1.807, 2.05) is 6.26 Å². The van der Waals surface area contributed by atoms with Crippen LogP contribution in [0.15, 0.2) is 34.0 Å². The average molecular weight is 485 g/mol. The van der Waals surface area contributed by atoms with Crippen LogP contribution in [0.25, 0.3) is 0 Å². The zero-order valence-corrected chi connectivity index (χ0v) is 20.1. The second-order valence-corrected chi connectivity index (χ2v) is 11.8. The number of carboxylic acid groups (broad SMARTS) is 1. The minimum Gasteiger partial charge on any atom is -0.476 e. The van der Waals surface area contributed by atoms with Crippen molar-refractivity contribution in [3.8, 4) is 5.75 Å². The van der Waals surface area contributed by atoms with Gasteiger partial charge >= 0.3 is 5.97 Å². The van der Waals surface area contributed by atoms with Gasteiger partial charge in [0, 0.05) is 31.2 Å². The van der Waals surface area contributed by atoms with Gasteiger partial charge in [0.1, 0.15) is 16.9 Å². The SMILES string of the molecule is CCCCC1CN(C23CC(C2)C3)c2cc(SC)c(O/C=C(\F)C(=O)O)cc2S(=O)(=O)N1C. The van der Waals surface area contributed by atoms with Gasteiger partial charge in [-0.2, -0.15) is 8.70 Å². The molecule has 1 aliphatic heterocycles. The summed E-state index contributed by atoms with van der Waals surface area (Å²) >= 11 is 1.34. The molecule has 3 fully saturated rings. The predicted octanol–water partition coefficient (Wildman–Crippen LogP) is 4.23. The van der Waals surface area contributed by atoms with Crippen LogP contribution in [0.4, 0.5) is 10.1 Å². The zero-order chi connectivity index (χ0) is 23.3. The summed E-state index contributed by atoms with van der Waals surface area (Å²) in [5.74, 6) is -2.35. The first-order valence-electron chi connectivity index (χ1n) is 10.9. The fourth-order valence-electron chi connectivity index (χ4n) is 5.07. The number of nitrogens with zero attached hydrogens (tertiary/aromatic N) is 2. The molecule has 0 aromatic heterocycles. The maximum Gasteiger partial charge on any atom is 0.368 e. The molecular weight excluding hydrogens is 455 g/mol. The van der Waals surface area contributed by atoms with E-state index in [4.69, 9.17) is 9.84 Å². The number of halogens is 1. The molecule has 1 aromatic rings. The molecule has 10 heteroatoms. The normalized spacial score (nSPS) is 28.9. The van der Waals surface area contributed by atoms with Gasteiger partial charge in [-0.25, -0.2) is 13.2 Å². The third kappa shape index (κ3) is 3.80. The topological polar surface area (TPSA) is 87.1 Å². The number of anilines is 1. The Kier molecular flexibility index (Phi) is 6.23. The first-order chi connectivity index (χ1) is 15.1. The summed E-state index contributed by atoms with van der Waals surface area (Å²) in [5.41, 5.74) is 0.672. The summed E-state index contributed by atoms with van der Waals surface area (Å²) in [6, 6.07) is 3.07. The summed E-state index contributed by atoms with van der Waals surface area (Å²) in [7, 11) is -2.20. The maximum atomic E-state index is 13.6. The number of carboxylic acids is 1. The van der Waals surface area contributed by atoms with Crippen LogP contribution in [0, 0.1) is 5.92 Å². The van der Waals surface area contributed by atoms with E-state index in [1.165, 1.54) is 22.1 Å². The van der Waals surface area contributed by atoms with Crippen LogP contribution in [0.3, 0.4) is 0 Å². The Bertz CT molecular complexity index is 1040. The van der Waals surface area contributed by atoms with Gasteiger partial charge in [0.15, 0.2) is 0 Å². The number of sulfonamides is 1. The lowest BCUT2D eigenvalue weighted by Gasteiger charge is -2.67. The van der Waals surface area contributed by atoms with E-state index in [1.54, 1.807) is 13.1 Å². The molecule has 3 aliphatic carbocycles. The van der Waals surface area contributed by atoms with Crippen LogP contribution in [-0.2, 0) is 14.8 Å². The van der Waals surface area contributed by atoms with Crippen LogP contribution < -0.4 is 9.64 Å². The lowest BCUT2D eigenvalue weighted by atomic mass is 9.49. The Morgan fingerprint density at radius 1 is 1.38 bits per heavy atom. The van der Waals surface area contributed by atoms with E-state index in [2.05, 4.69) is 11.8 Å². The average Bonchev–Trinajstić information content (AvgIpc) is 2.76. The number of aliphatic carboxylic acids is 1. The van der Waals surface area contributed by atoms with Crippen LogP contribution in [-0.4, -0.2) is 55.2 Å². The standard InChI is InChI=1S/C22H29FN2O5S2/c1-4-5-6-15-12-25(22-9-14(10-22)11-22)17-7-19(31-3)18(30-13-16(23)21(26)27)8-20(17)32(28,29)24(15)2/h7-8,13-15H,4-6,9-12H2,1-3H3,(H,26,27)/b16-13-. The van der Waals surface area contributed by atoms with Gasteiger partial charge in [-0.05, 0) is 43.9 Å². The third-order valence-electron chi connectivity index (χ3n) is 7.06. The predicted molar refractivity (Wildman–Crippen MR) is 121 cm³/mol.